The number of halogens is 2. The molecule has 33 heavy (non-hydrogen) atoms. The number of carbonyl (C=O) groups is 2. The number of carbonyl (C=O) groups excluding carboxylic acids is 2. The van der Waals surface area contributed by atoms with Gasteiger partial charge in [0, 0.05) is 17.1 Å². The lowest BCUT2D eigenvalue weighted by molar-refractivity contribution is -0.113. The molecular weight excluding hydrogens is 479 g/mol. The zero-order valence-electron chi connectivity index (χ0n) is 17.0. The van der Waals surface area contributed by atoms with Crippen LogP contribution >= 0.6 is 35.0 Å². The second kappa shape index (κ2) is 8.98. The lowest BCUT2D eigenvalue weighted by atomic mass is 10.1. The maximum Gasteiger partial charge on any atom is 0.298 e. The molecule has 0 saturated carbocycles. The van der Waals surface area contributed by atoms with E-state index in [0.717, 1.165) is 38.7 Å². The molecule has 3 aromatic carbocycles. The van der Waals surface area contributed by atoms with E-state index in [1.165, 1.54) is 6.07 Å². The molecule has 0 radical (unpaired) electrons. The van der Waals surface area contributed by atoms with Crippen LogP contribution in [0, 0.1) is 0 Å². The van der Waals surface area contributed by atoms with Gasteiger partial charge in [-0.25, -0.2) is 4.90 Å². The van der Waals surface area contributed by atoms with Crippen molar-refractivity contribution in [3.05, 3.63) is 99.0 Å². The number of nitrogens with zero attached hydrogens (tertiary/aromatic N) is 1. The molecule has 1 aromatic heterocycles. The standard InChI is InChI=1S/C25H16Cl2N2O3S/c26-19-10-9-17(12-20(19)27)29-24(30)22(33-25(29)31)11-16-13-28-23-18(16)7-4-8-21(23)32-14-15-5-2-1-3-6-15/h1-13,28H,14H2. The van der Waals surface area contributed by atoms with Gasteiger partial charge in [0.2, 0.25) is 0 Å². The van der Waals surface area contributed by atoms with Crippen molar-refractivity contribution in [3.8, 4) is 5.75 Å². The summed E-state index contributed by atoms with van der Waals surface area (Å²) >= 11 is 12.9. The van der Waals surface area contributed by atoms with Crippen LogP contribution in [0.15, 0.2) is 77.8 Å². The van der Waals surface area contributed by atoms with Crippen LogP contribution in [0.3, 0.4) is 0 Å². The van der Waals surface area contributed by atoms with Crippen LogP contribution < -0.4 is 9.64 Å². The zero-order chi connectivity index (χ0) is 22.9. The van der Waals surface area contributed by atoms with Crippen molar-refractivity contribution in [2.45, 2.75) is 6.61 Å². The number of nitrogens with one attached hydrogen (secondary N) is 1. The number of aromatic nitrogens is 1. The SMILES string of the molecule is O=C1SC(=Cc2c[nH]c3c(OCc4ccccc4)cccc23)C(=O)N1c1ccc(Cl)c(Cl)c1. The van der Waals surface area contributed by atoms with Crippen molar-refractivity contribution in [2.24, 2.45) is 0 Å². The quantitative estimate of drug-likeness (QED) is 0.295. The van der Waals surface area contributed by atoms with Gasteiger partial charge in [-0.3, -0.25) is 9.59 Å². The van der Waals surface area contributed by atoms with Gasteiger partial charge in [-0.15, -0.1) is 0 Å². The highest BCUT2D eigenvalue weighted by molar-refractivity contribution is 8.19. The molecule has 8 heteroatoms. The molecule has 0 spiro atoms. The van der Waals surface area contributed by atoms with Crippen LogP contribution in [0.1, 0.15) is 11.1 Å². The Hall–Kier alpha value is -3.19. The van der Waals surface area contributed by atoms with Crippen molar-refractivity contribution in [2.75, 3.05) is 4.90 Å². The monoisotopic (exact) mass is 494 g/mol. The van der Waals surface area contributed by atoms with E-state index in [1.54, 1.807) is 24.4 Å². The normalized spacial score (nSPS) is 15.1. The summed E-state index contributed by atoms with van der Waals surface area (Å²) in [6.45, 7) is 0.441. The Balaban J connectivity index is 1.43. The van der Waals surface area contributed by atoms with E-state index in [-0.39, 0.29) is 5.02 Å². The van der Waals surface area contributed by atoms with Gasteiger partial charge >= 0.3 is 0 Å². The van der Waals surface area contributed by atoms with E-state index in [2.05, 4.69) is 4.98 Å². The fourth-order valence-corrected chi connectivity index (χ4v) is 4.70. The average molecular weight is 495 g/mol. The van der Waals surface area contributed by atoms with E-state index in [9.17, 15) is 9.59 Å². The Bertz CT molecular complexity index is 1420. The van der Waals surface area contributed by atoms with E-state index in [1.807, 2.05) is 48.5 Å². The number of thioether (sulfide) groups is 1. The molecule has 164 valence electrons. The third-order valence-corrected chi connectivity index (χ3v) is 6.80. The molecule has 1 aliphatic heterocycles. The Kier molecular flexibility index (Phi) is 5.89. The lowest BCUT2D eigenvalue weighted by Crippen LogP contribution is -2.27. The predicted octanol–water partition coefficient (Wildman–Crippen LogP) is 7.29. The van der Waals surface area contributed by atoms with Crippen LogP contribution in [0.5, 0.6) is 5.75 Å². The fraction of sp³-hybridized carbons (Fsp3) is 0.0400. The second-order valence-electron chi connectivity index (χ2n) is 7.31. The number of aromatic amines is 1. The van der Waals surface area contributed by atoms with Crippen molar-refractivity contribution >= 4 is 68.8 Å². The number of fused-ring (bicyclic) bond motifs is 1. The van der Waals surface area contributed by atoms with E-state index in [0.29, 0.717) is 28.0 Å². The van der Waals surface area contributed by atoms with Crippen LogP contribution in [0.4, 0.5) is 10.5 Å². The largest absolute Gasteiger partial charge is 0.487 e. The van der Waals surface area contributed by atoms with E-state index >= 15 is 0 Å². The highest BCUT2D eigenvalue weighted by atomic mass is 35.5. The first-order chi connectivity index (χ1) is 16.0. The molecule has 0 unspecified atom stereocenters. The molecule has 5 rings (SSSR count). The Morgan fingerprint density at radius 1 is 0.970 bits per heavy atom. The average Bonchev–Trinajstić information content (AvgIpc) is 3.35. The number of amides is 2. The number of rotatable bonds is 5. The van der Waals surface area contributed by atoms with Crippen LogP contribution in [0.2, 0.25) is 10.0 Å². The maximum absolute atomic E-state index is 13.0. The van der Waals surface area contributed by atoms with Gasteiger partial charge in [0.25, 0.3) is 11.1 Å². The number of H-pyrrole nitrogens is 1. The smallest absolute Gasteiger partial charge is 0.298 e. The van der Waals surface area contributed by atoms with Gasteiger partial charge in [0.1, 0.15) is 12.4 Å². The molecule has 0 atom stereocenters. The summed E-state index contributed by atoms with van der Waals surface area (Å²) in [7, 11) is 0. The van der Waals surface area contributed by atoms with Crippen LogP contribution in [0.25, 0.3) is 17.0 Å². The summed E-state index contributed by atoms with van der Waals surface area (Å²) in [6, 6.07) is 20.3. The van der Waals surface area contributed by atoms with Gasteiger partial charge in [-0.2, -0.15) is 0 Å². The third kappa shape index (κ3) is 4.25. The Morgan fingerprint density at radius 2 is 1.79 bits per heavy atom. The highest BCUT2D eigenvalue weighted by Crippen LogP contribution is 2.39. The maximum atomic E-state index is 13.0. The molecule has 5 nitrogen and oxygen atoms in total. The highest BCUT2D eigenvalue weighted by Gasteiger charge is 2.36. The lowest BCUT2D eigenvalue weighted by Gasteiger charge is -2.13. The Morgan fingerprint density at radius 3 is 2.58 bits per heavy atom. The molecule has 1 saturated heterocycles. The number of hydrogen-bond acceptors (Lipinski definition) is 4. The van der Waals surface area contributed by atoms with E-state index in [4.69, 9.17) is 27.9 Å². The van der Waals surface area contributed by atoms with Crippen molar-refractivity contribution in [1.82, 2.24) is 4.98 Å². The summed E-state index contributed by atoms with van der Waals surface area (Å²) in [5, 5.41) is 1.13. The van der Waals surface area contributed by atoms with Gasteiger partial charge in [-0.05, 0) is 47.7 Å². The van der Waals surface area contributed by atoms with Crippen molar-refractivity contribution in [1.29, 1.82) is 0 Å². The summed E-state index contributed by atoms with van der Waals surface area (Å²) in [6.07, 6.45) is 3.51. The molecule has 2 heterocycles. The zero-order valence-corrected chi connectivity index (χ0v) is 19.4. The first-order valence-corrected chi connectivity index (χ1v) is 11.6. The number of anilines is 1. The number of hydrogen-bond donors (Lipinski definition) is 1. The molecule has 0 aliphatic carbocycles. The molecule has 1 aliphatic rings. The number of benzene rings is 3. The molecule has 1 fully saturated rings. The van der Waals surface area contributed by atoms with Crippen LogP contribution in [-0.4, -0.2) is 16.1 Å². The topological polar surface area (TPSA) is 62.4 Å². The van der Waals surface area contributed by atoms with Crippen molar-refractivity contribution < 1.29 is 14.3 Å². The predicted molar refractivity (Wildman–Crippen MR) is 134 cm³/mol. The summed E-state index contributed by atoms with van der Waals surface area (Å²) in [4.78, 5) is 30.2. The van der Waals surface area contributed by atoms with Gasteiger partial charge in [0.15, 0.2) is 0 Å². The summed E-state index contributed by atoms with van der Waals surface area (Å²) in [5.74, 6) is 0.300. The minimum absolute atomic E-state index is 0.275. The minimum atomic E-state index is -0.408. The minimum Gasteiger partial charge on any atom is -0.487 e. The number of ether oxygens (including phenoxy) is 1. The molecule has 4 aromatic rings. The first-order valence-electron chi connectivity index (χ1n) is 10.0. The first kappa shape index (κ1) is 21.6. The van der Waals surface area contributed by atoms with Crippen LogP contribution in [-0.2, 0) is 11.4 Å². The van der Waals surface area contributed by atoms with Crippen molar-refractivity contribution in [3.63, 3.8) is 0 Å². The fourth-order valence-electron chi connectivity index (χ4n) is 3.58. The Labute approximate surface area is 203 Å². The molecule has 1 N–H and O–H groups in total. The second-order valence-corrected chi connectivity index (χ2v) is 9.12. The third-order valence-electron chi connectivity index (χ3n) is 5.19. The van der Waals surface area contributed by atoms with Gasteiger partial charge < -0.3 is 9.72 Å². The molecule has 2 amide bonds. The van der Waals surface area contributed by atoms with E-state index < -0.39 is 11.1 Å². The molecular formula is C25H16Cl2N2O3S. The van der Waals surface area contributed by atoms with Gasteiger partial charge in [-0.1, -0.05) is 65.7 Å². The number of para-hydroxylation sites is 1. The summed E-state index contributed by atoms with van der Waals surface area (Å²) < 4.78 is 6.01. The van der Waals surface area contributed by atoms with Gasteiger partial charge in [0.05, 0.1) is 26.2 Å². The molecule has 0 bridgehead atoms. The summed E-state index contributed by atoms with van der Waals surface area (Å²) in [5.41, 5.74) is 3.06. The number of imide groups is 1.